The van der Waals surface area contributed by atoms with Crippen LogP contribution in [0.1, 0.15) is 19.4 Å². The monoisotopic (exact) mass is 361 g/mol. The fourth-order valence-corrected chi connectivity index (χ4v) is 3.87. The summed E-state index contributed by atoms with van der Waals surface area (Å²) in [5.41, 5.74) is 4.65. The van der Waals surface area contributed by atoms with Crippen LogP contribution in [-0.4, -0.2) is 42.0 Å². The Balaban J connectivity index is 0.00000157. The van der Waals surface area contributed by atoms with E-state index in [1.807, 2.05) is 11.8 Å². The van der Waals surface area contributed by atoms with Gasteiger partial charge in [-0.05, 0) is 38.1 Å². The van der Waals surface area contributed by atoms with Gasteiger partial charge in [0, 0.05) is 24.2 Å². The van der Waals surface area contributed by atoms with Gasteiger partial charge in [0.2, 0.25) is 0 Å². The van der Waals surface area contributed by atoms with Gasteiger partial charge in [-0.15, -0.1) is 12.4 Å². The third-order valence-electron chi connectivity index (χ3n) is 5.19. The molecule has 7 nitrogen and oxygen atoms in total. The van der Waals surface area contributed by atoms with E-state index < -0.39 is 0 Å². The highest BCUT2D eigenvalue weighted by Gasteiger charge is 2.35. The van der Waals surface area contributed by atoms with Gasteiger partial charge in [0.1, 0.15) is 18.4 Å². The van der Waals surface area contributed by atoms with E-state index in [0.717, 1.165) is 42.2 Å². The molecule has 2 N–H and O–H groups in total. The first-order valence-electron chi connectivity index (χ1n) is 8.36. The SMILES string of the molecule is C[C@@H]1C(=O)NN=C2COc3cc4ccn([C@@H]5CCNC5)c4cc3N21.Cl. The maximum atomic E-state index is 12.0. The predicted molar refractivity (Wildman–Crippen MR) is 98.7 cm³/mol. The van der Waals surface area contributed by atoms with E-state index >= 15 is 0 Å². The number of nitrogens with one attached hydrogen (secondary N) is 2. The second kappa shape index (κ2) is 5.93. The Hall–Kier alpha value is -2.25. The maximum absolute atomic E-state index is 12.0. The summed E-state index contributed by atoms with van der Waals surface area (Å²) in [5.74, 6) is 1.46. The lowest BCUT2D eigenvalue weighted by atomic mass is 10.1. The Bertz CT molecular complexity index is 871. The summed E-state index contributed by atoms with van der Waals surface area (Å²) in [6.07, 6.45) is 3.28. The molecule has 0 spiro atoms. The number of ether oxygens (including phenoxy) is 1. The normalized spacial score (nSPS) is 24.8. The highest BCUT2D eigenvalue weighted by atomic mass is 35.5. The first kappa shape index (κ1) is 16.2. The van der Waals surface area contributed by atoms with Crippen molar-refractivity contribution in [2.45, 2.75) is 25.4 Å². The van der Waals surface area contributed by atoms with Gasteiger partial charge in [-0.2, -0.15) is 5.10 Å². The van der Waals surface area contributed by atoms with Crippen molar-refractivity contribution in [2.24, 2.45) is 5.10 Å². The number of hydrogen-bond acceptors (Lipinski definition) is 5. The predicted octanol–water partition coefficient (Wildman–Crippen LogP) is 1.63. The number of aromatic nitrogens is 1. The third kappa shape index (κ3) is 2.38. The van der Waals surface area contributed by atoms with Crippen molar-refractivity contribution in [1.29, 1.82) is 0 Å². The fraction of sp³-hybridized carbons (Fsp3) is 0.412. The molecule has 0 saturated carbocycles. The molecule has 1 aromatic carbocycles. The number of carbonyl (C=O) groups is 1. The third-order valence-corrected chi connectivity index (χ3v) is 5.19. The number of fused-ring (bicyclic) bond motifs is 4. The number of halogens is 1. The molecular formula is C17H20ClN5O2. The van der Waals surface area contributed by atoms with Crippen LogP contribution in [0.3, 0.4) is 0 Å². The smallest absolute Gasteiger partial charge is 0.262 e. The van der Waals surface area contributed by atoms with Gasteiger partial charge < -0.3 is 19.5 Å². The van der Waals surface area contributed by atoms with Crippen molar-refractivity contribution in [3.63, 3.8) is 0 Å². The van der Waals surface area contributed by atoms with Gasteiger partial charge in [0.25, 0.3) is 5.91 Å². The summed E-state index contributed by atoms with van der Waals surface area (Å²) in [7, 11) is 0. The van der Waals surface area contributed by atoms with E-state index in [1.54, 1.807) is 0 Å². The summed E-state index contributed by atoms with van der Waals surface area (Å²) >= 11 is 0. The van der Waals surface area contributed by atoms with Crippen LogP contribution in [0.4, 0.5) is 5.69 Å². The van der Waals surface area contributed by atoms with E-state index in [-0.39, 0.29) is 24.4 Å². The van der Waals surface area contributed by atoms with Crippen molar-refractivity contribution in [2.75, 3.05) is 24.6 Å². The zero-order chi connectivity index (χ0) is 16.3. The molecule has 2 atom stereocenters. The average molecular weight is 362 g/mol. The zero-order valence-corrected chi connectivity index (χ0v) is 14.7. The number of hydrogen-bond donors (Lipinski definition) is 2. The first-order valence-corrected chi connectivity index (χ1v) is 8.36. The molecule has 0 bridgehead atoms. The first-order chi connectivity index (χ1) is 11.7. The number of amidine groups is 1. The van der Waals surface area contributed by atoms with Crippen molar-refractivity contribution in [3.8, 4) is 5.75 Å². The van der Waals surface area contributed by atoms with Crippen LogP contribution in [0.25, 0.3) is 10.9 Å². The highest BCUT2D eigenvalue weighted by molar-refractivity contribution is 6.10. The Labute approximate surface area is 151 Å². The summed E-state index contributed by atoms with van der Waals surface area (Å²) in [6.45, 7) is 4.31. The summed E-state index contributed by atoms with van der Waals surface area (Å²) < 4.78 is 8.20. The molecule has 1 saturated heterocycles. The quantitative estimate of drug-likeness (QED) is 0.810. The van der Waals surface area contributed by atoms with Crippen LogP contribution in [0.2, 0.25) is 0 Å². The number of hydrazone groups is 1. The minimum absolute atomic E-state index is 0. The molecule has 5 rings (SSSR count). The number of nitrogens with zero attached hydrogens (tertiary/aromatic N) is 3. The Kier molecular flexibility index (Phi) is 3.85. The van der Waals surface area contributed by atoms with Gasteiger partial charge in [-0.1, -0.05) is 0 Å². The minimum Gasteiger partial charge on any atom is -0.483 e. The molecule has 0 aliphatic carbocycles. The molecule has 4 heterocycles. The van der Waals surface area contributed by atoms with Crippen molar-refractivity contribution >= 4 is 40.7 Å². The standard InChI is InChI=1S/C17H19N5O2.ClH/c1-10-17(23)20-19-16-9-24-15-6-11-3-5-21(12-2-4-18-8-12)13(11)7-14(15)22(10)16;/h3,5-7,10,12,18H,2,4,8-9H2,1H3,(H,20,23);1H/t10-,12-;/m1./s1. The molecule has 2 aromatic rings. The topological polar surface area (TPSA) is 70.9 Å². The Morgan fingerprint density at radius 2 is 2.24 bits per heavy atom. The van der Waals surface area contributed by atoms with E-state index in [0.29, 0.717) is 12.6 Å². The van der Waals surface area contributed by atoms with Crippen LogP contribution >= 0.6 is 12.4 Å². The zero-order valence-electron chi connectivity index (χ0n) is 13.9. The maximum Gasteiger partial charge on any atom is 0.262 e. The van der Waals surface area contributed by atoms with Crippen LogP contribution in [0.15, 0.2) is 29.5 Å². The van der Waals surface area contributed by atoms with E-state index in [1.165, 1.54) is 5.52 Å². The minimum atomic E-state index is -0.297. The molecule has 0 radical (unpaired) electrons. The van der Waals surface area contributed by atoms with Gasteiger partial charge in [0.05, 0.1) is 11.2 Å². The number of carbonyl (C=O) groups excluding carboxylic acids is 1. The second-order valence-electron chi connectivity index (χ2n) is 6.59. The molecule has 3 aliphatic rings. The molecule has 1 fully saturated rings. The fourth-order valence-electron chi connectivity index (χ4n) is 3.87. The van der Waals surface area contributed by atoms with Crippen LogP contribution in [0.5, 0.6) is 5.75 Å². The van der Waals surface area contributed by atoms with Gasteiger partial charge >= 0.3 is 0 Å². The van der Waals surface area contributed by atoms with Crippen LogP contribution in [-0.2, 0) is 4.79 Å². The van der Waals surface area contributed by atoms with E-state index in [2.05, 4.69) is 44.8 Å². The number of anilines is 1. The highest BCUT2D eigenvalue weighted by Crippen LogP contribution is 2.39. The summed E-state index contributed by atoms with van der Waals surface area (Å²) in [5, 5.41) is 8.73. The van der Waals surface area contributed by atoms with E-state index in [4.69, 9.17) is 4.74 Å². The molecule has 3 aliphatic heterocycles. The van der Waals surface area contributed by atoms with Crippen molar-refractivity contribution in [3.05, 3.63) is 24.4 Å². The van der Waals surface area contributed by atoms with Gasteiger partial charge in [-0.25, -0.2) is 5.43 Å². The van der Waals surface area contributed by atoms with E-state index in [9.17, 15) is 4.79 Å². The summed E-state index contributed by atoms with van der Waals surface area (Å²) in [6, 6.07) is 6.51. The lowest BCUT2D eigenvalue weighted by molar-refractivity contribution is -0.122. The van der Waals surface area contributed by atoms with Crippen molar-refractivity contribution in [1.82, 2.24) is 15.3 Å². The lowest BCUT2D eigenvalue weighted by Crippen LogP contribution is -2.55. The molecule has 1 aromatic heterocycles. The number of benzene rings is 1. The molecule has 132 valence electrons. The molecule has 25 heavy (non-hydrogen) atoms. The largest absolute Gasteiger partial charge is 0.483 e. The Morgan fingerprint density at radius 1 is 1.36 bits per heavy atom. The van der Waals surface area contributed by atoms with Crippen molar-refractivity contribution < 1.29 is 9.53 Å². The molecule has 1 amide bonds. The summed E-state index contributed by atoms with van der Waals surface area (Å²) in [4.78, 5) is 14.0. The average Bonchev–Trinajstić information content (AvgIpc) is 3.24. The number of rotatable bonds is 1. The van der Waals surface area contributed by atoms with Crippen LogP contribution in [0, 0.1) is 0 Å². The molecular weight excluding hydrogens is 342 g/mol. The van der Waals surface area contributed by atoms with Gasteiger partial charge in [0.15, 0.2) is 5.84 Å². The second-order valence-corrected chi connectivity index (χ2v) is 6.59. The lowest BCUT2D eigenvalue weighted by Gasteiger charge is -2.38. The molecule has 0 unspecified atom stereocenters. The Morgan fingerprint density at radius 3 is 3.04 bits per heavy atom. The van der Waals surface area contributed by atoms with Crippen LogP contribution < -0.4 is 20.4 Å². The van der Waals surface area contributed by atoms with Gasteiger partial charge in [-0.3, -0.25) is 4.79 Å². The number of amides is 1. The molecule has 8 heteroatoms.